The van der Waals surface area contributed by atoms with Crippen LogP contribution in [0.15, 0.2) is 24.3 Å². The van der Waals surface area contributed by atoms with Crippen LogP contribution < -0.4 is 5.73 Å². The first-order valence-corrected chi connectivity index (χ1v) is 6.65. The van der Waals surface area contributed by atoms with Gasteiger partial charge in [0.05, 0.1) is 12.7 Å². The number of nitrogen functional groups attached to an aromatic ring is 1. The molecule has 4 N–H and O–H groups in total. The number of hydrogen-bond donors (Lipinski definition) is 3. The first-order chi connectivity index (χ1) is 7.36. The van der Waals surface area contributed by atoms with Crippen LogP contribution in [-0.4, -0.2) is 36.7 Å². The average molecular weight is 245 g/mol. The molecule has 2 atom stereocenters. The topological polar surface area (TPSA) is 101 Å². The van der Waals surface area contributed by atoms with Gasteiger partial charge in [-0.3, -0.25) is 0 Å². The van der Waals surface area contributed by atoms with Gasteiger partial charge in [0.15, 0.2) is 9.84 Å². The summed E-state index contributed by atoms with van der Waals surface area (Å²) in [6.07, 6.45) is -0.299. The summed E-state index contributed by atoms with van der Waals surface area (Å²) >= 11 is 0. The molecule has 5 nitrogen and oxygen atoms in total. The van der Waals surface area contributed by atoms with Crippen LogP contribution in [0.25, 0.3) is 0 Å². The van der Waals surface area contributed by atoms with Gasteiger partial charge in [0.1, 0.15) is 5.25 Å². The fourth-order valence-corrected chi connectivity index (χ4v) is 2.32. The molecular formula is C10H15NO4S. The molecule has 6 heteroatoms. The Labute approximate surface area is 94.4 Å². The van der Waals surface area contributed by atoms with Gasteiger partial charge in [-0.2, -0.15) is 0 Å². The Hall–Kier alpha value is -1.11. The van der Waals surface area contributed by atoms with Gasteiger partial charge in [-0.15, -0.1) is 0 Å². The van der Waals surface area contributed by atoms with Crippen molar-refractivity contribution in [3.63, 3.8) is 0 Å². The maximum Gasteiger partial charge on any atom is 0.155 e. The minimum Gasteiger partial charge on any atom is -0.399 e. The van der Waals surface area contributed by atoms with Gasteiger partial charge in [0.25, 0.3) is 0 Å². The monoisotopic (exact) mass is 245 g/mol. The molecule has 1 rings (SSSR count). The van der Waals surface area contributed by atoms with E-state index in [1.54, 1.807) is 18.2 Å². The second kappa shape index (κ2) is 4.82. The van der Waals surface area contributed by atoms with Gasteiger partial charge >= 0.3 is 0 Å². The predicted octanol–water partition coefficient (Wildman–Crippen LogP) is -0.292. The summed E-state index contributed by atoms with van der Waals surface area (Å²) in [6, 6.07) is 6.29. The van der Waals surface area contributed by atoms with Gasteiger partial charge in [-0.25, -0.2) is 8.42 Å². The Bertz CT molecular complexity index is 458. The summed E-state index contributed by atoms with van der Waals surface area (Å²) in [5.41, 5.74) is 6.34. The molecule has 0 unspecified atom stereocenters. The Morgan fingerprint density at radius 1 is 1.44 bits per heavy atom. The molecule has 0 amide bonds. The van der Waals surface area contributed by atoms with Gasteiger partial charge in [-0.1, -0.05) is 12.1 Å². The number of rotatable bonds is 4. The summed E-state index contributed by atoms with van der Waals surface area (Å²) in [6.45, 7) is -0.630. The number of aliphatic hydroxyl groups excluding tert-OH is 2. The molecule has 1 aromatic rings. The molecule has 1 aromatic carbocycles. The molecule has 0 fully saturated rings. The van der Waals surface area contributed by atoms with Crippen molar-refractivity contribution in [3.05, 3.63) is 29.8 Å². The highest BCUT2D eigenvalue weighted by Crippen LogP contribution is 2.23. The van der Waals surface area contributed by atoms with E-state index in [1.165, 1.54) is 6.07 Å². The average Bonchev–Trinajstić information content (AvgIpc) is 2.16. The van der Waals surface area contributed by atoms with E-state index in [4.69, 9.17) is 10.8 Å². The van der Waals surface area contributed by atoms with Crippen LogP contribution in [0.3, 0.4) is 0 Å². The number of nitrogens with two attached hydrogens (primary N) is 1. The van der Waals surface area contributed by atoms with E-state index in [1.807, 2.05) is 0 Å². The quantitative estimate of drug-likeness (QED) is 0.633. The zero-order chi connectivity index (χ0) is 12.3. The highest BCUT2D eigenvalue weighted by molar-refractivity contribution is 7.91. The summed E-state index contributed by atoms with van der Waals surface area (Å²) in [5, 5.41) is 17.6. The van der Waals surface area contributed by atoms with Crippen LogP contribution in [0.4, 0.5) is 5.69 Å². The van der Waals surface area contributed by atoms with Crippen molar-refractivity contribution in [2.24, 2.45) is 0 Å². The molecule has 0 spiro atoms. The Morgan fingerprint density at radius 3 is 2.50 bits per heavy atom. The third-order valence-electron chi connectivity index (χ3n) is 2.33. The Balaban J connectivity index is 3.05. The minimum absolute atomic E-state index is 0.379. The fraction of sp³-hybridized carbons (Fsp3) is 0.400. The van der Waals surface area contributed by atoms with Gasteiger partial charge in [-0.05, 0) is 17.7 Å². The van der Waals surface area contributed by atoms with Crippen molar-refractivity contribution in [2.75, 3.05) is 18.6 Å². The number of sulfone groups is 1. The normalized spacial score (nSPS) is 15.7. The lowest BCUT2D eigenvalue weighted by molar-refractivity contribution is 0.138. The first kappa shape index (κ1) is 13.0. The number of aliphatic hydroxyl groups is 2. The lowest BCUT2D eigenvalue weighted by Crippen LogP contribution is -2.31. The second-order valence-electron chi connectivity index (χ2n) is 3.67. The van der Waals surface area contributed by atoms with E-state index in [0.717, 1.165) is 6.26 Å². The summed E-state index contributed by atoms with van der Waals surface area (Å²) in [5.74, 6) is 0. The molecule has 0 saturated carbocycles. The third-order valence-corrected chi connectivity index (χ3v) is 3.84. The van der Waals surface area contributed by atoms with Crippen molar-refractivity contribution in [1.29, 1.82) is 0 Å². The van der Waals surface area contributed by atoms with Crippen LogP contribution >= 0.6 is 0 Å². The summed E-state index contributed by atoms with van der Waals surface area (Å²) in [7, 11) is -3.52. The minimum atomic E-state index is -3.52. The molecule has 0 bridgehead atoms. The van der Waals surface area contributed by atoms with Crippen LogP contribution in [0.5, 0.6) is 0 Å². The lowest BCUT2D eigenvalue weighted by Gasteiger charge is -2.19. The van der Waals surface area contributed by atoms with Crippen molar-refractivity contribution < 1.29 is 18.6 Å². The maximum atomic E-state index is 11.3. The Kier molecular flexibility index (Phi) is 3.90. The number of anilines is 1. The molecule has 0 aliphatic rings. The van der Waals surface area contributed by atoms with E-state index in [2.05, 4.69) is 0 Å². The molecule has 0 aliphatic heterocycles. The summed E-state index contributed by atoms with van der Waals surface area (Å²) in [4.78, 5) is 0. The smallest absolute Gasteiger partial charge is 0.155 e. The predicted molar refractivity (Wildman–Crippen MR) is 61.5 cm³/mol. The largest absolute Gasteiger partial charge is 0.399 e. The highest BCUT2D eigenvalue weighted by Gasteiger charge is 2.29. The SMILES string of the molecule is CS(=O)(=O)[C@@H](CO)[C@@H](O)c1cccc(N)c1. The highest BCUT2D eigenvalue weighted by atomic mass is 32.2. The van der Waals surface area contributed by atoms with Crippen molar-refractivity contribution in [1.82, 2.24) is 0 Å². The van der Waals surface area contributed by atoms with Crippen molar-refractivity contribution >= 4 is 15.5 Å². The molecule has 90 valence electrons. The van der Waals surface area contributed by atoms with Crippen LogP contribution in [0.1, 0.15) is 11.7 Å². The second-order valence-corrected chi connectivity index (χ2v) is 5.93. The molecular weight excluding hydrogens is 230 g/mol. The molecule has 0 aromatic heterocycles. The van der Waals surface area contributed by atoms with Crippen LogP contribution in [0.2, 0.25) is 0 Å². The van der Waals surface area contributed by atoms with E-state index in [-0.39, 0.29) is 0 Å². The molecule has 0 aliphatic carbocycles. The van der Waals surface area contributed by atoms with E-state index >= 15 is 0 Å². The van der Waals surface area contributed by atoms with E-state index < -0.39 is 27.8 Å². The van der Waals surface area contributed by atoms with Crippen LogP contribution in [-0.2, 0) is 9.84 Å². The van der Waals surface area contributed by atoms with E-state index in [9.17, 15) is 13.5 Å². The number of hydrogen-bond acceptors (Lipinski definition) is 5. The third kappa shape index (κ3) is 2.94. The van der Waals surface area contributed by atoms with Crippen LogP contribution in [0, 0.1) is 0 Å². The lowest BCUT2D eigenvalue weighted by atomic mass is 10.1. The van der Waals surface area contributed by atoms with Crippen molar-refractivity contribution in [3.8, 4) is 0 Å². The van der Waals surface area contributed by atoms with Crippen molar-refractivity contribution in [2.45, 2.75) is 11.4 Å². The zero-order valence-corrected chi connectivity index (χ0v) is 9.68. The summed E-state index contributed by atoms with van der Waals surface area (Å²) < 4.78 is 22.6. The van der Waals surface area contributed by atoms with Gasteiger partial charge in [0, 0.05) is 11.9 Å². The zero-order valence-electron chi connectivity index (χ0n) is 8.87. The molecule has 0 radical (unpaired) electrons. The molecule has 16 heavy (non-hydrogen) atoms. The van der Waals surface area contributed by atoms with Gasteiger partial charge < -0.3 is 15.9 Å². The van der Waals surface area contributed by atoms with E-state index in [0.29, 0.717) is 11.3 Å². The number of benzene rings is 1. The van der Waals surface area contributed by atoms with Gasteiger partial charge in [0.2, 0.25) is 0 Å². The standard InChI is InChI=1S/C10H15NO4S/c1-16(14,15)9(6-12)10(13)7-3-2-4-8(11)5-7/h2-5,9-10,12-13H,6,11H2,1H3/t9-,10-/m0/s1. The first-order valence-electron chi connectivity index (χ1n) is 4.69. The molecule has 0 saturated heterocycles. The fourth-order valence-electron chi connectivity index (χ4n) is 1.43. The maximum absolute atomic E-state index is 11.3. The molecule has 0 heterocycles. The Morgan fingerprint density at radius 2 is 2.06 bits per heavy atom.